The number of hydrogen-bond donors (Lipinski definition) is 1. The SMILES string of the molecule is CCOP(=O)(CN(CP(=O)(OCC)c1ccccc1)C1CCCCC1)c1ccccc1.CCO[P+](=O)c1ccccc1.NC1CCCCC1.O=P([O-])(CN(CP(=O)([O-])c1ccccc1)C1CCCCC1)c1ccccc1.[K+].[K+]. The average molecular weight is 1220 g/mol. The van der Waals surface area contributed by atoms with Gasteiger partial charge < -0.3 is 33.7 Å². The van der Waals surface area contributed by atoms with Gasteiger partial charge in [-0.2, -0.15) is 0 Å². The molecule has 8 rings (SSSR count). The van der Waals surface area contributed by atoms with Gasteiger partial charge in [-0.15, -0.1) is 4.52 Å². The van der Waals surface area contributed by atoms with Crippen LogP contribution in [0.2, 0.25) is 0 Å². The number of nitrogens with two attached hydrogens (primary N) is 1. The summed E-state index contributed by atoms with van der Waals surface area (Å²) in [5.74, 6) is 0. The summed E-state index contributed by atoms with van der Waals surface area (Å²) < 4.78 is 81.8. The molecule has 0 aliphatic heterocycles. The number of rotatable bonds is 21. The summed E-state index contributed by atoms with van der Waals surface area (Å²) in [6, 6.07) is 45.4. The van der Waals surface area contributed by atoms with Crippen molar-refractivity contribution < 1.29 is 149 Å². The Morgan fingerprint density at radius 2 is 0.744 bits per heavy atom. The molecule has 5 unspecified atom stereocenters. The molecule has 416 valence electrons. The van der Waals surface area contributed by atoms with Crippen LogP contribution >= 0.6 is 37.5 Å². The predicted octanol–water partition coefficient (Wildman–Crippen LogP) is 5.66. The van der Waals surface area contributed by atoms with Crippen molar-refractivity contribution in [3.8, 4) is 0 Å². The number of hydrogen-bond acceptors (Lipinski definition) is 13. The molecule has 78 heavy (non-hydrogen) atoms. The molecule has 2 N–H and O–H groups in total. The van der Waals surface area contributed by atoms with E-state index in [1.807, 2.05) is 99.6 Å². The molecule has 0 bridgehead atoms. The van der Waals surface area contributed by atoms with Crippen molar-refractivity contribution in [2.45, 2.75) is 135 Å². The Hall–Kier alpha value is 0.0727. The smallest absolute Gasteiger partial charge is 0.795 e. The van der Waals surface area contributed by atoms with Gasteiger partial charge in [-0.25, -0.2) is 0 Å². The molecular formula is C58H83K2N3O10P5+. The van der Waals surface area contributed by atoms with Gasteiger partial charge in [0.1, 0.15) is 6.61 Å². The second-order valence-corrected chi connectivity index (χ2v) is 30.0. The molecule has 0 saturated heterocycles. The first-order valence-corrected chi connectivity index (χ1v) is 35.7. The van der Waals surface area contributed by atoms with Gasteiger partial charge in [0.2, 0.25) is 20.0 Å². The van der Waals surface area contributed by atoms with Gasteiger partial charge in [-0.3, -0.25) is 18.9 Å². The van der Waals surface area contributed by atoms with Gasteiger partial charge in [0.15, 0.2) is 0 Å². The Morgan fingerprint density at radius 1 is 0.449 bits per heavy atom. The molecule has 0 aromatic heterocycles. The van der Waals surface area contributed by atoms with E-state index >= 15 is 0 Å². The van der Waals surface area contributed by atoms with Crippen LogP contribution in [0.4, 0.5) is 0 Å². The summed E-state index contributed by atoms with van der Waals surface area (Å²) in [6.45, 7) is 6.80. The Labute approximate surface area is 553 Å². The zero-order valence-electron chi connectivity index (χ0n) is 47.0. The van der Waals surface area contributed by atoms with Gasteiger partial charge in [0, 0.05) is 41.3 Å². The molecule has 0 radical (unpaired) electrons. The van der Waals surface area contributed by atoms with Gasteiger partial charge in [-0.05, 0) is 111 Å². The van der Waals surface area contributed by atoms with Crippen molar-refractivity contribution in [1.82, 2.24) is 9.80 Å². The maximum Gasteiger partial charge on any atom is 1.00 e. The molecule has 20 heteroatoms. The van der Waals surface area contributed by atoms with E-state index in [1.54, 1.807) is 77.7 Å². The van der Waals surface area contributed by atoms with Crippen molar-refractivity contribution in [3.05, 3.63) is 152 Å². The molecule has 5 atom stereocenters. The summed E-state index contributed by atoms with van der Waals surface area (Å²) in [5.41, 5.74) is 5.63. The molecule has 5 aromatic rings. The van der Waals surface area contributed by atoms with Crippen LogP contribution < -0.4 is 145 Å². The zero-order valence-corrected chi connectivity index (χ0v) is 57.7. The van der Waals surface area contributed by atoms with Gasteiger partial charge in [0.25, 0.3) is 0 Å². The first-order valence-electron chi connectivity index (χ1n) is 27.3. The van der Waals surface area contributed by atoms with Crippen LogP contribution in [0.1, 0.15) is 117 Å². The van der Waals surface area contributed by atoms with Crippen LogP contribution in [0, 0.1) is 0 Å². The summed E-state index contributed by atoms with van der Waals surface area (Å²) in [7, 11) is -15.8. The fourth-order valence-electron chi connectivity index (χ4n) is 9.87. The number of nitrogens with zero attached hydrogens (tertiary/aromatic N) is 2. The number of benzene rings is 5. The summed E-state index contributed by atoms with van der Waals surface area (Å²) in [4.78, 5) is 29.6. The van der Waals surface area contributed by atoms with E-state index in [0.717, 1.165) is 63.1 Å². The molecule has 13 nitrogen and oxygen atoms in total. The largest absolute Gasteiger partial charge is 1.00 e. The molecule has 0 heterocycles. The van der Waals surface area contributed by atoms with Crippen molar-refractivity contribution in [1.29, 1.82) is 0 Å². The zero-order chi connectivity index (χ0) is 54.7. The maximum atomic E-state index is 14.1. The fourth-order valence-corrected chi connectivity index (χ4v) is 18.7. The average Bonchev–Trinajstić information content (AvgIpc) is 3.46. The van der Waals surface area contributed by atoms with Gasteiger partial charge >= 0.3 is 111 Å². The summed E-state index contributed by atoms with van der Waals surface area (Å²) >= 11 is 0. The Balaban J connectivity index is 0.000000307. The van der Waals surface area contributed by atoms with Crippen LogP contribution in [-0.4, -0.2) is 72.9 Å². The third kappa shape index (κ3) is 25.0. The molecule has 5 aromatic carbocycles. The van der Waals surface area contributed by atoms with Crippen molar-refractivity contribution in [2.75, 3.05) is 45.0 Å². The van der Waals surface area contributed by atoms with Crippen molar-refractivity contribution >= 4 is 64.0 Å². The fraction of sp³-hybridized carbons (Fsp3) is 0.483. The van der Waals surface area contributed by atoms with Crippen LogP contribution in [0.5, 0.6) is 0 Å². The summed E-state index contributed by atoms with van der Waals surface area (Å²) in [6.07, 6.45) is 17.0. The molecule has 3 aliphatic carbocycles. The molecule has 0 spiro atoms. The van der Waals surface area contributed by atoms with Crippen LogP contribution in [-0.2, 0) is 36.4 Å². The molecule has 3 aliphatic rings. The second kappa shape index (κ2) is 38.9. The second-order valence-electron chi connectivity index (χ2n) is 19.6. The van der Waals surface area contributed by atoms with E-state index in [9.17, 15) is 32.6 Å². The normalized spacial score (nSPS) is 18.4. The Morgan fingerprint density at radius 3 is 1.04 bits per heavy atom. The van der Waals surface area contributed by atoms with E-state index in [2.05, 4.69) is 4.90 Å². The van der Waals surface area contributed by atoms with Crippen LogP contribution in [0.25, 0.3) is 0 Å². The quantitative estimate of drug-likeness (QED) is 0.0701. The maximum absolute atomic E-state index is 14.1. The van der Waals surface area contributed by atoms with E-state index in [4.69, 9.17) is 19.3 Å². The third-order valence-electron chi connectivity index (χ3n) is 13.8. The topological polar surface area (TPSA) is 192 Å². The van der Waals surface area contributed by atoms with E-state index in [0.29, 0.717) is 36.5 Å². The van der Waals surface area contributed by atoms with Crippen molar-refractivity contribution in [2.24, 2.45) is 5.73 Å². The molecule has 0 amide bonds. The summed E-state index contributed by atoms with van der Waals surface area (Å²) in [5, 5.41) is 2.69. The van der Waals surface area contributed by atoms with Gasteiger partial charge in [-0.1, -0.05) is 173 Å². The molecule has 3 fully saturated rings. The Kier molecular flexibility index (Phi) is 36.1. The molecule has 3 saturated carbocycles. The van der Waals surface area contributed by atoms with Gasteiger partial charge in [0.05, 0.1) is 40.5 Å². The standard InChI is InChI=1S/C24H35NO4P2.C20H27NO4P2.C8H10O2P.C6H13N.2K/c1-3-28-30(26,23-16-10-6-11-17-23)20-25(22-14-8-5-9-15-22)21-31(27,29-4-2)24-18-12-7-13-19-24;22-26(23,19-12-6-2-7-13-19)16-21(18-10-4-1-5-11-18)17-27(24,25)20-14-8-3-9-15-20;1-2-10-11(9)8-6-4-3-5-7-8;7-6-4-2-1-3-5-6;;/h6-7,10-13,16-19,22H,3-5,8-9,14-15,20-21H2,1-2H3;2-3,6-9,12-15,18H,1,4-5,10-11,16-17H2,(H,22,23)(H,24,25);3-7H,2H2,1H3;6H,1-5,7H2;;/q;;+1;;2*+1/p-2. The minimum atomic E-state index is -3.93. The first-order chi connectivity index (χ1) is 36.6. The minimum absolute atomic E-state index is 0. The van der Waals surface area contributed by atoms with E-state index in [-0.39, 0.29) is 151 Å². The van der Waals surface area contributed by atoms with Crippen molar-refractivity contribution in [3.63, 3.8) is 0 Å². The predicted molar refractivity (Wildman–Crippen MR) is 311 cm³/mol. The monoisotopic (exact) mass is 1210 g/mol. The van der Waals surface area contributed by atoms with Crippen LogP contribution in [0.3, 0.4) is 0 Å². The van der Waals surface area contributed by atoms with E-state index < -0.39 is 37.5 Å². The van der Waals surface area contributed by atoms with E-state index in [1.165, 1.54) is 38.5 Å². The van der Waals surface area contributed by atoms with Crippen LogP contribution in [0.15, 0.2) is 152 Å². The minimum Gasteiger partial charge on any atom is -0.795 e. The Bertz CT molecular complexity index is 2480. The molecular weight excluding hydrogens is 1130 g/mol. The third-order valence-corrected chi connectivity index (χ3v) is 23.6. The first kappa shape index (κ1) is 72.3.